The molecule has 0 aliphatic carbocycles. The molecule has 1 aliphatic rings. The van der Waals surface area contributed by atoms with Gasteiger partial charge in [-0.2, -0.15) is 0 Å². The van der Waals surface area contributed by atoms with Crippen LogP contribution in [0, 0.1) is 0 Å². The summed E-state index contributed by atoms with van der Waals surface area (Å²) < 4.78 is 16.5. The van der Waals surface area contributed by atoms with Crippen molar-refractivity contribution in [2.45, 2.75) is 12.6 Å². The summed E-state index contributed by atoms with van der Waals surface area (Å²) in [4.78, 5) is 7.32. The van der Waals surface area contributed by atoms with Crippen LogP contribution >= 0.6 is 11.3 Å². The largest absolute Gasteiger partial charge is 0.493 e. The highest BCUT2D eigenvalue weighted by molar-refractivity contribution is 7.13. The molecule has 1 atom stereocenters. The molecule has 7 heteroatoms. The number of benzene rings is 2. The van der Waals surface area contributed by atoms with E-state index >= 15 is 0 Å². The summed E-state index contributed by atoms with van der Waals surface area (Å²) in [5.41, 5.74) is 3.26. The maximum atomic E-state index is 5.58. The van der Waals surface area contributed by atoms with Gasteiger partial charge in [-0.3, -0.25) is 4.90 Å². The smallest absolute Gasteiger partial charge is 0.170 e. The van der Waals surface area contributed by atoms with Crippen LogP contribution in [0.3, 0.4) is 0 Å². The highest BCUT2D eigenvalue weighted by atomic mass is 32.1. The average molecular weight is 440 g/mol. The number of morpholine rings is 1. The molecule has 164 valence electrons. The monoisotopic (exact) mass is 439 g/mol. The third-order valence-corrected chi connectivity index (χ3v) is 6.39. The molecule has 4 rings (SSSR count). The number of hydrogen-bond acceptors (Lipinski definition) is 7. The predicted molar refractivity (Wildman–Crippen MR) is 124 cm³/mol. The van der Waals surface area contributed by atoms with Crippen molar-refractivity contribution in [2.75, 3.05) is 47.1 Å². The molecule has 1 unspecified atom stereocenters. The van der Waals surface area contributed by atoms with Gasteiger partial charge in [-0.05, 0) is 17.7 Å². The second kappa shape index (κ2) is 10.7. The summed E-state index contributed by atoms with van der Waals surface area (Å²) in [7, 11) is 3.31. The van der Waals surface area contributed by atoms with Crippen LogP contribution < -0.4 is 14.8 Å². The van der Waals surface area contributed by atoms with Gasteiger partial charge < -0.3 is 19.5 Å². The van der Waals surface area contributed by atoms with Gasteiger partial charge in [-0.15, -0.1) is 11.3 Å². The molecule has 2 heterocycles. The van der Waals surface area contributed by atoms with Crippen LogP contribution in [0.5, 0.6) is 11.5 Å². The fraction of sp³-hybridized carbons (Fsp3) is 0.375. The minimum absolute atomic E-state index is 0.232. The first-order valence-corrected chi connectivity index (χ1v) is 11.4. The average Bonchev–Trinajstić information content (AvgIpc) is 3.31. The molecule has 1 N–H and O–H groups in total. The van der Waals surface area contributed by atoms with Crippen molar-refractivity contribution in [1.29, 1.82) is 0 Å². The molecule has 6 nitrogen and oxygen atoms in total. The van der Waals surface area contributed by atoms with Gasteiger partial charge in [-0.1, -0.05) is 36.4 Å². The molecule has 3 aromatic rings. The van der Waals surface area contributed by atoms with E-state index in [0.29, 0.717) is 18.0 Å². The summed E-state index contributed by atoms with van der Waals surface area (Å²) in [6, 6.07) is 16.7. The van der Waals surface area contributed by atoms with Crippen molar-refractivity contribution in [2.24, 2.45) is 0 Å². The molecule has 1 saturated heterocycles. The lowest BCUT2D eigenvalue weighted by molar-refractivity contribution is 0.0333. The fourth-order valence-electron chi connectivity index (χ4n) is 3.81. The molecule has 1 aliphatic heterocycles. The molecule has 0 amide bonds. The molecule has 0 saturated carbocycles. The Morgan fingerprint density at radius 1 is 1.06 bits per heavy atom. The van der Waals surface area contributed by atoms with Crippen LogP contribution in [0.1, 0.15) is 17.3 Å². The lowest BCUT2D eigenvalue weighted by Gasteiger charge is -2.31. The third kappa shape index (κ3) is 5.43. The Labute approximate surface area is 187 Å². The van der Waals surface area contributed by atoms with E-state index in [1.54, 1.807) is 25.6 Å². The van der Waals surface area contributed by atoms with Gasteiger partial charge >= 0.3 is 0 Å². The molecule has 1 fully saturated rings. The van der Waals surface area contributed by atoms with E-state index in [1.807, 2.05) is 18.2 Å². The number of aromatic nitrogens is 1. The van der Waals surface area contributed by atoms with Crippen molar-refractivity contribution in [3.8, 4) is 22.1 Å². The van der Waals surface area contributed by atoms with Crippen molar-refractivity contribution >= 4 is 11.3 Å². The Balaban J connectivity index is 1.48. The summed E-state index contributed by atoms with van der Waals surface area (Å²) in [5, 5.41) is 6.76. The van der Waals surface area contributed by atoms with E-state index in [9.17, 15) is 0 Å². The van der Waals surface area contributed by atoms with Gasteiger partial charge in [-0.25, -0.2) is 4.98 Å². The van der Waals surface area contributed by atoms with Crippen LogP contribution in [0.4, 0.5) is 0 Å². The summed E-state index contributed by atoms with van der Waals surface area (Å²) in [6.07, 6.45) is 0. The molecule has 2 aromatic carbocycles. The zero-order chi connectivity index (χ0) is 21.5. The molecule has 1 aromatic heterocycles. The van der Waals surface area contributed by atoms with Gasteiger partial charge in [0.25, 0.3) is 0 Å². The van der Waals surface area contributed by atoms with Crippen molar-refractivity contribution in [3.63, 3.8) is 0 Å². The molecular formula is C24H29N3O3S. The lowest BCUT2D eigenvalue weighted by atomic mass is 10.1. The van der Waals surface area contributed by atoms with Crippen molar-refractivity contribution in [1.82, 2.24) is 15.2 Å². The van der Waals surface area contributed by atoms with Crippen LogP contribution in [0.2, 0.25) is 0 Å². The number of thiazole rings is 1. The first-order valence-electron chi connectivity index (χ1n) is 10.5. The summed E-state index contributed by atoms with van der Waals surface area (Å²) >= 11 is 1.62. The summed E-state index contributed by atoms with van der Waals surface area (Å²) in [6.45, 7) is 5.21. The first-order chi connectivity index (χ1) is 15.3. The second-order valence-corrected chi connectivity index (χ2v) is 8.30. The number of ether oxygens (including phenoxy) is 3. The van der Waals surface area contributed by atoms with E-state index in [1.165, 1.54) is 5.56 Å². The highest BCUT2D eigenvalue weighted by Crippen LogP contribution is 2.39. The number of nitrogens with one attached hydrogen (secondary N) is 1. The fourth-order valence-corrected chi connectivity index (χ4v) is 4.65. The number of nitrogens with zero attached hydrogens (tertiary/aromatic N) is 2. The maximum absolute atomic E-state index is 5.58. The zero-order valence-corrected chi connectivity index (χ0v) is 18.9. The van der Waals surface area contributed by atoms with Gasteiger partial charge in [0.2, 0.25) is 0 Å². The molecule has 0 radical (unpaired) electrons. The van der Waals surface area contributed by atoms with E-state index in [-0.39, 0.29) is 6.04 Å². The number of rotatable bonds is 9. The van der Waals surface area contributed by atoms with Gasteiger partial charge in [0.05, 0.1) is 38.7 Å². The lowest BCUT2D eigenvalue weighted by Crippen LogP contribution is -2.41. The van der Waals surface area contributed by atoms with Crippen LogP contribution in [0.25, 0.3) is 10.6 Å². The van der Waals surface area contributed by atoms with E-state index in [4.69, 9.17) is 19.2 Å². The summed E-state index contributed by atoms with van der Waals surface area (Å²) in [5.74, 6) is 1.43. The predicted octanol–water partition coefficient (Wildman–Crippen LogP) is 3.99. The molecular weight excluding hydrogens is 410 g/mol. The minimum atomic E-state index is 0.232. The standard InChI is InChI=1S/C24H29N3O3S/c1-28-22-10-6-9-20(23(22)29-2)24-26-19(17-31-24)15-25-21(18-7-4-3-5-8-18)16-27-11-13-30-14-12-27/h3-10,17,21,25H,11-16H2,1-2H3. The van der Waals surface area contributed by atoms with Crippen LogP contribution in [-0.4, -0.2) is 57.0 Å². The zero-order valence-electron chi connectivity index (χ0n) is 18.0. The molecule has 0 bridgehead atoms. The quantitative estimate of drug-likeness (QED) is 0.544. The van der Waals surface area contributed by atoms with Crippen LogP contribution in [-0.2, 0) is 11.3 Å². The highest BCUT2D eigenvalue weighted by Gasteiger charge is 2.19. The van der Waals surface area contributed by atoms with E-state index < -0.39 is 0 Å². The van der Waals surface area contributed by atoms with Gasteiger partial charge in [0.15, 0.2) is 11.5 Å². The third-order valence-electron chi connectivity index (χ3n) is 5.46. The first kappa shape index (κ1) is 21.8. The normalized spacial score (nSPS) is 15.5. The Hall–Kier alpha value is -2.45. The van der Waals surface area contributed by atoms with Gasteiger partial charge in [0.1, 0.15) is 5.01 Å². The van der Waals surface area contributed by atoms with Crippen LogP contribution in [0.15, 0.2) is 53.9 Å². The van der Waals surface area contributed by atoms with Gasteiger partial charge in [0, 0.05) is 37.6 Å². The number of para-hydroxylation sites is 1. The Bertz CT molecular complexity index is 958. The van der Waals surface area contributed by atoms with E-state index in [0.717, 1.165) is 49.1 Å². The number of hydrogen-bond donors (Lipinski definition) is 1. The molecule has 0 spiro atoms. The molecule has 31 heavy (non-hydrogen) atoms. The minimum Gasteiger partial charge on any atom is -0.493 e. The Kier molecular flexibility index (Phi) is 7.53. The SMILES string of the molecule is COc1cccc(-c2nc(CNC(CN3CCOCC3)c3ccccc3)cs2)c1OC. The Morgan fingerprint density at radius 3 is 2.61 bits per heavy atom. The number of methoxy groups -OCH3 is 2. The van der Waals surface area contributed by atoms with Crippen molar-refractivity contribution < 1.29 is 14.2 Å². The Morgan fingerprint density at radius 2 is 1.87 bits per heavy atom. The van der Waals surface area contributed by atoms with Crippen molar-refractivity contribution in [3.05, 3.63) is 65.2 Å². The van der Waals surface area contributed by atoms with E-state index in [2.05, 4.69) is 45.9 Å². The topological polar surface area (TPSA) is 55.9 Å². The second-order valence-electron chi connectivity index (χ2n) is 7.44. The maximum Gasteiger partial charge on any atom is 0.170 e.